The van der Waals surface area contributed by atoms with Crippen LogP contribution in [0, 0.1) is 0 Å². The summed E-state index contributed by atoms with van der Waals surface area (Å²) in [7, 11) is 0. The Kier molecular flexibility index (Phi) is 5.50. The number of nitrogens with zero attached hydrogens (tertiary/aromatic N) is 1. The van der Waals surface area contributed by atoms with E-state index in [1.165, 1.54) is 5.39 Å². The maximum Gasteiger partial charge on any atom is 0.0733 e. The largest absolute Gasteiger partial charge is 0.377 e. The summed E-state index contributed by atoms with van der Waals surface area (Å²) >= 11 is 0. The van der Waals surface area contributed by atoms with E-state index in [-0.39, 0.29) is 12.1 Å². The molecule has 1 aromatic heterocycles. The van der Waals surface area contributed by atoms with Gasteiger partial charge in [-0.25, -0.2) is 0 Å². The Morgan fingerprint density at radius 1 is 1.15 bits per heavy atom. The fourth-order valence-corrected chi connectivity index (χ4v) is 2.13. The summed E-state index contributed by atoms with van der Waals surface area (Å²) in [4.78, 5) is 4.76. The zero-order valence-electron chi connectivity index (χ0n) is 12.6. The van der Waals surface area contributed by atoms with Crippen LogP contribution >= 0.6 is 0 Å². The smallest absolute Gasteiger partial charge is 0.0733 e. The van der Waals surface area contributed by atoms with Gasteiger partial charge >= 0.3 is 0 Å². The second-order valence-corrected chi connectivity index (χ2v) is 5.32. The molecule has 0 amide bonds. The average Bonchev–Trinajstić information content (AvgIpc) is 2.46. The first-order valence-corrected chi connectivity index (χ1v) is 7.41. The SMILES string of the molecule is CCCNC(COC(C)C)c1ccc2ccccc2n1. The molecule has 20 heavy (non-hydrogen) atoms. The molecule has 0 spiro atoms. The number of hydrogen-bond acceptors (Lipinski definition) is 3. The van der Waals surface area contributed by atoms with E-state index in [1.807, 2.05) is 12.1 Å². The predicted octanol–water partition coefficient (Wildman–Crippen LogP) is 3.70. The van der Waals surface area contributed by atoms with Gasteiger partial charge in [-0.15, -0.1) is 0 Å². The van der Waals surface area contributed by atoms with Gasteiger partial charge in [0.2, 0.25) is 0 Å². The van der Waals surface area contributed by atoms with E-state index in [0.717, 1.165) is 24.2 Å². The highest BCUT2D eigenvalue weighted by Gasteiger charge is 2.13. The first-order chi connectivity index (χ1) is 9.70. The van der Waals surface area contributed by atoms with Gasteiger partial charge in [0.05, 0.1) is 30.0 Å². The molecule has 1 aromatic carbocycles. The van der Waals surface area contributed by atoms with Crippen LogP contribution in [0.5, 0.6) is 0 Å². The highest BCUT2D eigenvalue weighted by molar-refractivity contribution is 5.78. The lowest BCUT2D eigenvalue weighted by molar-refractivity contribution is 0.0604. The third-order valence-electron chi connectivity index (χ3n) is 3.21. The maximum absolute atomic E-state index is 5.77. The Morgan fingerprint density at radius 2 is 1.95 bits per heavy atom. The third kappa shape index (κ3) is 4.02. The summed E-state index contributed by atoms with van der Waals surface area (Å²) in [6, 6.07) is 12.6. The molecule has 3 heteroatoms. The number of ether oxygens (including phenoxy) is 1. The Labute approximate surface area is 121 Å². The van der Waals surface area contributed by atoms with Gasteiger partial charge in [-0.1, -0.05) is 31.2 Å². The quantitative estimate of drug-likeness (QED) is 0.834. The Morgan fingerprint density at radius 3 is 2.70 bits per heavy atom. The highest BCUT2D eigenvalue weighted by Crippen LogP contribution is 2.17. The number of hydrogen-bond donors (Lipinski definition) is 1. The summed E-state index contributed by atoms with van der Waals surface area (Å²) < 4.78 is 5.77. The number of pyridine rings is 1. The second-order valence-electron chi connectivity index (χ2n) is 5.32. The first-order valence-electron chi connectivity index (χ1n) is 7.41. The van der Waals surface area contributed by atoms with Gasteiger partial charge < -0.3 is 10.1 Å². The first kappa shape index (κ1) is 14.9. The Bertz CT molecular complexity index is 539. The van der Waals surface area contributed by atoms with Gasteiger partial charge in [0.1, 0.15) is 0 Å². The third-order valence-corrected chi connectivity index (χ3v) is 3.21. The Balaban J connectivity index is 2.19. The van der Waals surface area contributed by atoms with Crippen molar-refractivity contribution in [1.82, 2.24) is 10.3 Å². The average molecular weight is 272 g/mol. The molecule has 0 aliphatic heterocycles. The van der Waals surface area contributed by atoms with Crippen molar-refractivity contribution >= 4 is 10.9 Å². The molecular weight excluding hydrogens is 248 g/mol. The molecule has 0 saturated carbocycles. The van der Waals surface area contributed by atoms with E-state index in [0.29, 0.717) is 6.61 Å². The minimum atomic E-state index is 0.155. The molecular formula is C17H24N2O. The van der Waals surface area contributed by atoms with Crippen molar-refractivity contribution in [3.63, 3.8) is 0 Å². The van der Waals surface area contributed by atoms with Gasteiger partial charge in [-0.2, -0.15) is 0 Å². The van der Waals surface area contributed by atoms with Crippen LogP contribution in [0.1, 0.15) is 38.9 Å². The molecule has 0 radical (unpaired) electrons. The molecule has 3 nitrogen and oxygen atoms in total. The van der Waals surface area contributed by atoms with Crippen LogP contribution in [-0.2, 0) is 4.74 Å². The van der Waals surface area contributed by atoms with Crippen molar-refractivity contribution in [1.29, 1.82) is 0 Å². The highest BCUT2D eigenvalue weighted by atomic mass is 16.5. The topological polar surface area (TPSA) is 34.1 Å². The second kappa shape index (κ2) is 7.36. The molecule has 0 saturated heterocycles. The number of rotatable bonds is 7. The monoisotopic (exact) mass is 272 g/mol. The number of nitrogens with one attached hydrogen (secondary N) is 1. The fourth-order valence-electron chi connectivity index (χ4n) is 2.13. The number of para-hydroxylation sites is 1. The van der Waals surface area contributed by atoms with Crippen molar-refractivity contribution < 1.29 is 4.74 Å². The van der Waals surface area contributed by atoms with Crippen LogP contribution in [0.2, 0.25) is 0 Å². The summed E-state index contributed by atoms with van der Waals surface area (Å²) in [5.74, 6) is 0. The van der Waals surface area contributed by atoms with Gasteiger partial charge in [-0.3, -0.25) is 4.98 Å². The predicted molar refractivity (Wildman–Crippen MR) is 83.9 cm³/mol. The number of benzene rings is 1. The molecule has 1 N–H and O–H groups in total. The van der Waals surface area contributed by atoms with Gasteiger partial charge in [0.25, 0.3) is 0 Å². The van der Waals surface area contributed by atoms with E-state index >= 15 is 0 Å². The number of fused-ring (bicyclic) bond motifs is 1. The summed E-state index contributed by atoms with van der Waals surface area (Å²) in [6.45, 7) is 7.92. The van der Waals surface area contributed by atoms with Crippen LogP contribution in [0.25, 0.3) is 10.9 Å². The van der Waals surface area contributed by atoms with Crippen LogP contribution in [0.3, 0.4) is 0 Å². The van der Waals surface area contributed by atoms with Gasteiger partial charge in [0.15, 0.2) is 0 Å². The number of aromatic nitrogens is 1. The lowest BCUT2D eigenvalue weighted by atomic mass is 10.1. The standard InChI is InChI=1S/C17H24N2O/c1-4-11-18-17(12-20-13(2)3)16-10-9-14-7-5-6-8-15(14)19-16/h5-10,13,17-18H,4,11-12H2,1-3H3. The zero-order chi connectivity index (χ0) is 14.4. The van der Waals surface area contributed by atoms with E-state index in [9.17, 15) is 0 Å². The van der Waals surface area contributed by atoms with Gasteiger partial charge in [0, 0.05) is 5.39 Å². The van der Waals surface area contributed by atoms with Crippen LogP contribution in [0.4, 0.5) is 0 Å². The maximum atomic E-state index is 5.77. The van der Waals surface area contributed by atoms with Crippen LogP contribution in [-0.4, -0.2) is 24.2 Å². The molecule has 1 unspecified atom stereocenters. The van der Waals surface area contributed by atoms with E-state index in [4.69, 9.17) is 9.72 Å². The minimum absolute atomic E-state index is 0.155. The molecule has 0 fully saturated rings. The summed E-state index contributed by atoms with van der Waals surface area (Å²) in [5, 5.41) is 4.69. The van der Waals surface area contributed by atoms with Crippen LogP contribution in [0.15, 0.2) is 36.4 Å². The summed E-state index contributed by atoms with van der Waals surface area (Å²) in [6.07, 6.45) is 1.34. The Hall–Kier alpha value is -1.45. The molecule has 0 aliphatic carbocycles. The van der Waals surface area contributed by atoms with Crippen molar-refractivity contribution in [2.75, 3.05) is 13.2 Å². The van der Waals surface area contributed by atoms with E-state index in [2.05, 4.69) is 50.4 Å². The molecule has 1 heterocycles. The van der Waals surface area contributed by atoms with E-state index < -0.39 is 0 Å². The van der Waals surface area contributed by atoms with Crippen molar-refractivity contribution in [2.24, 2.45) is 0 Å². The van der Waals surface area contributed by atoms with Crippen molar-refractivity contribution in [3.05, 3.63) is 42.1 Å². The van der Waals surface area contributed by atoms with Crippen LogP contribution < -0.4 is 5.32 Å². The van der Waals surface area contributed by atoms with Crippen molar-refractivity contribution in [2.45, 2.75) is 39.3 Å². The minimum Gasteiger partial charge on any atom is -0.377 e. The molecule has 1 atom stereocenters. The molecule has 0 bridgehead atoms. The van der Waals surface area contributed by atoms with Crippen molar-refractivity contribution in [3.8, 4) is 0 Å². The molecule has 0 aliphatic rings. The molecule has 2 rings (SSSR count). The molecule has 2 aromatic rings. The van der Waals surface area contributed by atoms with E-state index in [1.54, 1.807) is 0 Å². The molecule has 108 valence electrons. The van der Waals surface area contributed by atoms with Gasteiger partial charge in [-0.05, 0) is 38.9 Å². The zero-order valence-corrected chi connectivity index (χ0v) is 12.6. The fraction of sp³-hybridized carbons (Fsp3) is 0.471. The lowest BCUT2D eigenvalue weighted by Crippen LogP contribution is -2.28. The normalized spacial score (nSPS) is 13.0. The summed E-state index contributed by atoms with van der Waals surface area (Å²) in [5.41, 5.74) is 2.09. The lowest BCUT2D eigenvalue weighted by Gasteiger charge is -2.20.